The van der Waals surface area contributed by atoms with Crippen LogP contribution in [0.5, 0.6) is 0 Å². The normalized spacial score (nSPS) is 22.5. The molecule has 1 aromatic carbocycles. The lowest BCUT2D eigenvalue weighted by Gasteiger charge is -2.16. The number of carbonyl (C=O) groups is 1. The molecule has 2 fully saturated rings. The van der Waals surface area contributed by atoms with Crippen LogP contribution in [0.3, 0.4) is 0 Å². The number of unbranched alkanes of at least 4 members (excludes halogenated alkanes) is 1. The summed E-state index contributed by atoms with van der Waals surface area (Å²) in [5.74, 6) is -0.289. The first kappa shape index (κ1) is 15.5. The van der Waals surface area contributed by atoms with Crippen LogP contribution in [0.4, 0.5) is 4.39 Å². The number of benzene rings is 1. The van der Waals surface area contributed by atoms with E-state index >= 15 is 0 Å². The van der Waals surface area contributed by atoms with Crippen LogP contribution in [-0.4, -0.2) is 25.2 Å². The van der Waals surface area contributed by atoms with E-state index in [2.05, 4.69) is 5.32 Å². The summed E-state index contributed by atoms with van der Waals surface area (Å²) in [5.41, 5.74) is -0.0632. The number of rotatable bonds is 7. The molecule has 1 saturated carbocycles. The summed E-state index contributed by atoms with van der Waals surface area (Å²) in [6.07, 6.45) is 7.36. The average Bonchev–Trinajstić information content (AvgIpc) is 3.17. The van der Waals surface area contributed by atoms with Crippen molar-refractivity contribution in [3.8, 4) is 0 Å². The quantitative estimate of drug-likeness (QED) is 0.785. The number of hydrogen-bond donors (Lipinski definition) is 1. The Morgan fingerprint density at radius 2 is 2.14 bits per heavy atom. The van der Waals surface area contributed by atoms with Gasteiger partial charge in [0.2, 0.25) is 5.91 Å². The number of nitrogens with one attached hydrogen (secondary N) is 1. The van der Waals surface area contributed by atoms with E-state index in [-0.39, 0.29) is 11.7 Å². The molecule has 1 heterocycles. The molecule has 3 nitrogen and oxygen atoms in total. The van der Waals surface area contributed by atoms with Crippen molar-refractivity contribution in [2.45, 2.75) is 56.5 Å². The van der Waals surface area contributed by atoms with Gasteiger partial charge in [0, 0.05) is 18.7 Å². The van der Waals surface area contributed by atoms with Gasteiger partial charge < -0.3 is 10.1 Å². The van der Waals surface area contributed by atoms with Crippen LogP contribution in [0.2, 0.25) is 0 Å². The number of amides is 1. The Hall–Kier alpha value is -1.42. The van der Waals surface area contributed by atoms with E-state index in [9.17, 15) is 9.18 Å². The maximum atomic E-state index is 13.9. The molecule has 1 aromatic rings. The van der Waals surface area contributed by atoms with Crippen LogP contribution in [0, 0.1) is 5.82 Å². The molecule has 2 aliphatic rings. The summed E-state index contributed by atoms with van der Waals surface area (Å²) in [7, 11) is 0. The Labute approximate surface area is 131 Å². The van der Waals surface area contributed by atoms with E-state index in [1.54, 1.807) is 18.2 Å². The van der Waals surface area contributed by atoms with Gasteiger partial charge in [-0.15, -0.1) is 0 Å². The van der Waals surface area contributed by atoms with Gasteiger partial charge in [-0.05, 0) is 51.0 Å². The van der Waals surface area contributed by atoms with Gasteiger partial charge in [0.15, 0.2) is 0 Å². The topological polar surface area (TPSA) is 38.3 Å². The zero-order chi connectivity index (χ0) is 15.4. The molecular weight excluding hydrogens is 281 g/mol. The second kappa shape index (κ2) is 6.78. The Kier molecular flexibility index (Phi) is 4.77. The molecule has 4 heteroatoms. The van der Waals surface area contributed by atoms with Crippen molar-refractivity contribution < 1.29 is 13.9 Å². The molecule has 1 aliphatic carbocycles. The van der Waals surface area contributed by atoms with Crippen LogP contribution >= 0.6 is 0 Å². The molecule has 0 unspecified atom stereocenters. The smallest absolute Gasteiger partial charge is 0.230 e. The van der Waals surface area contributed by atoms with E-state index in [1.165, 1.54) is 18.9 Å². The minimum Gasteiger partial charge on any atom is -0.378 e. The first-order valence-corrected chi connectivity index (χ1v) is 8.37. The standard InChI is InChI=1S/C18H24FNO2/c19-16-9-2-1-8-15(16)18(10-11-18)17(21)20-12-4-3-6-14-7-5-13-22-14/h1-2,8-9,14H,3-7,10-13H2,(H,20,21)/t14-/m1/s1. The molecule has 1 amide bonds. The highest BCUT2D eigenvalue weighted by molar-refractivity contribution is 5.91. The minimum atomic E-state index is -0.611. The lowest BCUT2D eigenvalue weighted by Crippen LogP contribution is -2.35. The summed E-state index contributed by atoms with van der Waals surface area (Å²) in [6, 6.07) is 6.63. The number of ether oxygens (including phenoxy) is 1. The lowest BCUT2D eigenvalue weighted by molar-refractivity contribution is -0.123. The number of carbonyl (C=O) groups excluding carboxylic acids is 1. The van der Waals surface area contributed by atoms with Crippen molar-refractivity contribution in [3.05, 3.63) is 35.6 Å². The van der Waals surface area contributed by atoms with Gasteiger partial charge in [-0.2, -0.15) is 0 Å². The van der Waals surface area contributed by atoms with Gasteiger partial charge in [-0.3, -0.25) is 4.79 Å². The fourth-order valence-corrected chi connectivity index (χ4v) is 3.33. The van der Waals surface area contributed by atoms with Crippen LogP contribution in [0.15, 0.2) is 24.3 Å². The van der Waals surface area contributed by atoms with Crippen molar-refractivity contribution in [2.24, 2.45) is 0 Å². The van der Waals surface area contributed by atoms with Crippen molar-refractivity contribution in [3.63, 3.8) is 0 Å². The van der Waals surface area contributed by atoms with Crippen LogP contribution in [0.1, 0.15) is 50.5 Å². The molecule has 0 radical (unpaired) electrons. The van der Waals surface area contributed by atoms with E-state index in [0.717, 1.165) is 38.7 Å². The Balaban J connectivity index is 1.43. The molecule has 0 aromatic heterocycles. The van der Waals surface area contributed by atoms with E-state index in [4.69, 9.17) is 4.74 Å². The molecule has 1 saturated heterocycles. The van der Waals surface area contributed by atoms with E-state index in [0.29, 0.717) is 18.2 Å². The zero-order valence-electron chi connectivity index (χ0n) is 12.9. The molecule has 120 valence electrons. The Morgan fingerprint density at radius 3 is 2.82 bits per heavy atom. The lowest BCUT2D eigenvalue weighted by atomic mass is 9.94. The summed E-state index contributed by atoms with van der Waals surface area (Å²) in [4.78, 5) is 12.4. The van der Waals surface area contributed by atoms with Gasteiger partial charge in [-0.25, -0.2) is 4.39 Å². The van der Waals surface area contributed by atoms with Gasteiger partial charge >= 0.3 is 0 Å². The van der Waals surface area contributed by atoms with Crippen LogP contribution in [0.25, 0.3) is 0 Å². The van der Waals surface area contributed by atoms with Gasteiger partial charge in [0.05, 0.1) is 11.5 Å². The monoisotopic (exact) mass is 305 g/mol. The van der Waals surface area contributed by atoms with Crippen LogP contribution in [-0.2, 0) is 14.9 Å². The third-order valence-corrected chi connectivity index (χ3v) is 4.84. The molecule has 22 heavy (non-hydrogen) atoms. The Morgan fingerprint density at radius 1 is 1.32 bits per heavy atom. The summed E-state index contributed by atoms with van der Waals surface area (Å²) in [6.45, 7) is 1.56. The maximum absolute atomic E-state index is 13.9. The number of halogens is 1. The van der Waals surface area contributed by atoms with Gasteiger partial charge in [0.1, 0.15) is 5.82 Å². The van der Waals surface area contributed by atoms with Crippen LogP contribution < -0.4 is 5.32 Å². The summed E-state index contributed by atoms with van der Waals surface area (Å²) >= 11 is 0. The van der Waals surface area contributed by atoms with Crippen molar-refractivity contribution in [1.82, 2.24) is 5.32 Å². The maximum Gasteiger partial charge on any atom is 0.230 e. The fourth-order valence-electron chi connectivity index (χ4n) is 3.33. The minimum absolute atomic E-state index is 0.0188. The van der Waals surface area contributed by atoms with Gasteiger partial charge in [-0.1, -0.05) is 18.2 Å². The van der Waals surface area contributed by atoms with E-state index < -0.39 is 5.41 Å². The molecule has 0 bridgehead atoms. The molecule has 1 N–H and O–H groups in total. The SMILES string of the molecule is O=C(NCCCC[C@@H]1CCCO1)C1(c2ccccc2F)CC1. The third-order valence-electron chi connectivity index (χ3n) is 4.84. The van der Waals surface area contributed by atoms with Crippen molar-refractivity contribution in [2.75, 3.05) is 13.2 Å². The molecule has 1 atom stereocenters. The zero-order valence-corrected chi connectivity index (χ0v) is 12.9. The van der Waals surface area contributed by atoms with Crippen molar-refractivity contribution in [1.29, 1.82) is 0 Å². The first-order chi connectivity index (χ1) is 10.7. The second-order valence-electron chi connectivity index (χ2n) is 6.45. The van der Waals surface area contributed by atoms with Crippen molar-refractivity contribution >= 4 is 5.91 Å². The highest BCUT2D eigenvalue weighted by Gasteiger charge is 2.52. The highest BCUT2D eigenvalue weighted by Crippen LogP contribution is 2.49. The molecule has 3 rings (SSSR count). The predicted octanol–water partition coefficient (Wildman–Crippen LogP) is 3.32. The molecule has 0 spiro atoms. The third kappa shape index (κ3) is 3.32. The molecular formula is C18H24FNO2. The average molecular weight is 305 g/mol. The summed E-state index contributed by atoms with van der Waals surface area (Å²) < 4.78 is 19.5. The highest BCUT2D eigenvalue weighted by atomic mass is 19.1. The van der Waals surface area contributed by atoms with Gasteiger partial charge in [0.25, 0.3) is 0 Å². The molecule has 1 aliphatic heterocycles. The first-order valence-electron chi connectivity index (χ1n) is 8.37. The van der Waals surface area contributed by atoms with E-state index in [1.807, 2.05) is 0 Å². The Bertz CT molecular complexity index is 522. The number of hydrogen-bond acceptors (Lipinski definition) is 2. The predicted molar refractivity (Wildman–Crippen MR) is 83.1 cm³/mol. The second-order valence-corrected chi connectivity index (χ2v) is 6.45. The largest absolute Gasteiger partial charge is 0.378 e. The summed E-state index contributed by atoms with van der Waals surface area (Å²) in [5, 5.41) is 2.99. The fraction of sp³-hybridized carbons (Fsp3) is 0.611.